The van der Waals surface area contributed by atoms with Crippen LogP contribution < -0.4 is 0 Å². The minimum atomic E-state index is -0.197. The van der Waals surface area contributed by atoms with Gasteiger partial charge in [-0.3, -0.25) is 0 Å². The normalized spacial score (nSPS) is 12.7. The van der Waals surface area contributed by atoms with Crippen molar-refractivity contribution in [1.29, 1.82) is 0 Å². The molecule has 0 aliphatic heterocycles. The lowest BCUT2D eigenvalue weighted by Gasteiger charge is -2.13. The molecule has 0 saturated heterocycles. The Morgan fingerprint density at radius 3 is 2.88 bits per heavy atom. The molecular formula is C13H19FOS. The van der Waals surface area contributed by atoms with Gasteiger partial charge in [0.1, 0.15) is 5.82 Å². The summed E-state index contributed by atoms with van der Waals surface area (Å²) in [6.45, 7) is 2.31. The molecule has 0 spiro atoms. The fourth-order valence-electron chi connectivity index (χ4n) is 1.65. The molecule has 1 nitrogen and oxygen atoms in total. The van der Waals surface area contributed by atoms with Crippen molar-refractivity contribution >= 4 is 11.8 Å². The summed E-state index contributed by atoms with van der Waals surface area (Å²) in [4.78, 5) is 0. The molecular weight excluding hydrogens is 223 g/mol. The average Bonchev–Trinajstić information content (AvgIpc) is 2.28. The minimum Gasteiger partial charge on any atom is -0.396 e. The third-order valence-corrected chi connectivity index (χ3v) is 3.48. The summed E-state index contributed by atoms with van der Waals surface area (Å²) in [5, 5.41) is 9.25. The highest BCUT2D eigenvalue weighted by Gasteiger charge is 2.08. The maximum absolute atomic E-state index is 13.0. The molecule has 0 aliphatic carbocycles. The van der Waals surface area contributed by atoms with Crippen LogP contribution in [0.3, 0.4) is 0 Å². The van der Waals surface area contributed by atoms with Gasteiger partial charge in [-0.25, -0.2) is 4.39 Å². The first-order valence-corrected chi connectivity index (χ1v) is 6.84. The summed E-state index contributed by atoms with van der Waals surface area (Å²) in [5.74, 6) is 2.23. The smallest absolute Gasteiger partial charge is 0.123 e. The van der Waals surface area contributed by atoms with Crippen LogP contribution in [0, 0.1) is 11.7 Å². The number of thioether (sulfide) groups is 1. The number of rotatable bonds is 7. The van der Waals surface area contributed by atoms with E-state index in [-0.39, 0.29) is 18.3 Å². The van der Waals surface area contributed by atoms with Crippen LogP contribution in [0.4, 0.5) is 4.39 Å². The summed E-state index contributed by atoms with van der Waals surface area (Å²) < 4.78 is 13.0. The van der Waals surface area contributed by atoms with Crippen LogP contribution in [0.2, 0.25) is 0 Å². The second-order valence-electron chi connectivity index (χ2n) is 3.87. The summed E-state index contributed by atoms with van der Waals surface area (Å²) in [7, 11) is 0. The Labute approximate surface area is 101 Å². The number of hydrogen-bond donors (Lipinski definition) is 1. The zero-order chi connectivity index (χ0) is 11.8. The number of halogens is 1. The lowest BCUT2D eigenvalue weighted by atomic mass is 9.98. The molecule has 90 valence electrons. The highest BCUT2D eigenvalue weighted by Crippen LogP contribution is 2.15. The molecule has 0 radical (unpaired) electrons. The first-order valence-electron chi connectivity index (χ1n) is 5.69. The van der Waals surface area contributed by atoms with Crippen molar-refractivity contribution in [1.82, 2.24) is 0 Å². The van der Waals surface area contributed by atoms with Crippen molar-refractivity contribution in [2.75, 3.05) is 18.1 Å². The Kier molecular flexibility index (Phi) is 6.50. The summed E-state index contributed by atoms with van der Waals surface area (Å²) in [5.41, 5.74) is 0.973. The Morgan fingerprint density at radius 1 is 1.44 bits per heavy atom. The van der Waals surface area contributed by atoms with E-state index in [1.165, 1.54) is 6.07 Å². The second kappa shape index (κ2) is 7.69. The van der Waals surface area contributed by atoms with Gasteiger partial charge in [0.05, 0.1) is 0 Å². The molecule has 0 heterocycles. The fourth-order valence-corrected chi connectivity index (χ4v) is 2.44. The van der Waals surface area contributed by atoms with Crippen molar-refractivity contribution in [2.45, 2.75) is 19.8 Å². The fraction of sp³-hybridized carbons (Fsp3) is 0.538. The minimum absolute atomic E-state index is 0.181. The molecule has 3 heteroatoms. The molecule has 0 fully saturated rings. The molecule has 1 aromatic rings. The molecule has 1 atom stereocenters. The molecule has 0 aromatic heterocycles. The van der Waals surface area contributed by atoms with E-state index in [4.69, 9.17) is 0 Å². The number of hydrogen-bond acceptors (Lipinski definition) is 2. The van der Waals surface area contributed by atoms with E-state index in [0.717, 1.165) is 29.9 Å². The predicted molar refractivity (Wildman–Crippen MR) is 68.3 cm³/mol. The molecule has 0 amide bonds. The third-order valence-electron chi connectivity index (χ3n) is 2.55. The first kappa shape index (κ1) is 13.5. The molecule has 1 aromatic carbocycles. The van der Waals surface area contributed by atoms with Crippen LogP contribution >= 0.6 is 11.8 Å². The van der Waals surface area contributed by atoms with Crippen molar-refractivity contribution < 1.29 is 9.50 Å². The SMILES string of the molecule is CCSCCC(CO)Cc1cccc(F)c1. The van der Waals surface area contributed by atoms with E-state index in [2.05, 4.69) is 6.92 Å². The maximum atomic E-state index is 13.0. The average molecular weight is 242 g/mol. The van der Waals surface area contributed by atoms with Gasteiger partial charge in [0, 0.05) is 6.61 Å². The number of benzene rings is 1. The Morgan fingerprint density at radius 2 is 2.25 bits per heavy atom. The van der Waals surface area contributed by atoms with Crippen LogP contribution in [-0.4, -0.2) is 23.2 Å². The Bertz CT molecular complexity index is 304. The van der Waals surface area contributed by atoms with Gasteiger partial charge in [-0.2, -0.15) is 11.8 Å². The van der Waals surface area contributed by atoms with E-state index >= 15 is 0 Å². The molecule has 16 heavy (non-hydrogen) atoms. The third kappa shape index (κ3) is 4.99. The maximum Gasteiger partial charge on any atom is 0.123 e. The predicted octanol–water partition coefficient (Wildman–Crippen LogP) is 3.12. The summed E-state index contributed by atoms with van der Waals surface area (Å²) in [6.07, 6.45) is 1.75. The van der Waals surface area contributed by atoms with Gasteiger partial charge in [-0.1, -0.05) is 19.1 Å². The Balaban J connectivity index is 2.43. The van der Waals surface area contributed by atoms with Crippen LogP contribution in [0.25, 0.3) is 0 Å². The first-order chi connectivity index (χ1) is 7.76. The lowest BCUT2D eigenvalue weighted by Crippen LogP contribution is -2.11. The molecule has 1 N–H and O–H groups in total. The molecule has 0 saturated carbocycles. The second-order valence-corrected chi connectivity index (χ2v) is 5.26. The van der Waals surface area contributed by atoms with Gasteiger partial charge in [0.25, 0.3) is 0 Å². The summed E-state index contributed by atoms with van der Waals surface area (Å²) >= 11 is 1.88. The standard InChI is InChI=1S/C13H19FOS/c1-2-16-7-6-12(10-15)8-11-4-3-5-13(14)9-11/h3-5,9,12,15H,2,6-8,10H2,1H3. The Hall–Kier alpha value is -0.540. The zero-order valence-electron chi connectivity index (χ0n) is 9.66. The lowest BCUT2D eigenvalue weighted by molar-refractivity contribution is 0.223. The van der Waals surface area contributed by atoms with Crippen LogP contribution in [-0.2, 0) is 6.42 Å². The van der Waals surface area contributed by atoms with Crippen LogP contribution in [0.15, 0.2) is 24.3 Å². The molecule has 1 unspecified atom stereocenters. The van der Waals surface area contributed by atoms with E-state index in [1.54, 1.807) is 12.1 Å². The van der Waals surface area contributed by atoms with Crippen molar-refractivity contribution in [3.63, 3.8) is 0 Å². The van der Waals surface area contributed by atoms with Gasteiger partial charge in [-0.05, 0) is 48.0 Å². The highest BCUT2D eigenvalue weighted by molar-refractivity contribution is 7.99. The molecule has 1 rings (SSSR count). The van der Waals surface area contributed by atoms with E-state index < -0.39 is 0 Å². The monoisotopic (exact) mass is 242 g/mol. The van der Waals surface area contributed by atoms with Crippen molar-refractivity contribution in [3.05, 3.63) is 35.6 Å². The van der Waals surface area contributed by atoms with Gasteiger partial charge < -0.3 is 5.11 Å². The van der Waals surface area contributed by atoms with Crippen LogP contribution in [0.5, 0.6) is 0 Å². The van der Waals surface area contributed by atoms with Crippen molar-refractivity contribution in [3.8, 4) is 0 Å². The van der Waals surface area contributed by atoms with E-state index in [1.807, 2.05) is 17.8 Å². The van der Waals surface area contributed by atoms with Gasteiger partial charge in [0.15, 0.2) is 0 Å². The van der Waals surface area contributed by atoms with Crippen LogP contribution in [0.1, 0.15) is 18.9 Å². The van der Waals surface area contributed by atoms with E-state index in [9.17, 15) is 9.50 Å². The van der Waals surface area contributed by atoms with Gasteiger partial charge >= 0.3 is 0 Å². The molecule has 0 aliphatic rings. The number of aliphatic hydroxyl groups excluding tert-OH is 1. The van der Waals surface area contributed by atoms with E-state index in [0.29, 0.717) is 0 Å². The quantitative estimate of drug-likeness (QED) is 0.741. The largest absolute Gasteiger partial charge is 0.396 e. The zero-order valence-corrected chi connectivity index (χ0v) is 10.5. The van der Waals surface area contributed by atoms with Gasteiger partial charge in [0.2, 0.25) is 0 Å². The van der Waals surface area contributed by atoms with Gasteiger partial charge in [-0.15, -0.1) is 0 Å². The topological polar surface area (TPSA) is 20.2 Å². The summed E-state index contributed by atoms with van der Waals surface area (Å²) in [6, 6.07) is 6.64. The van der Waals surface area contributed by atoms with Crippen molar-refractivity contribution in [2.24, 2.45) is 5.92 Å². The number of aliphatic hydroxyl groups is 1. The highest BCUT2D eigenvalue weighted by atomic mass is 32.2. The molecule has 0 bridgehead atoms.